The molecule has 0 N–H and O–H groups in total. The van der Waals surface area contributed by atoms with Crippen molar-refractivity contribution in [3.05, 3.63) is 23.8 Å². The van der Waals surface area contributed by atoms with Crippen molar-refractivity contribution in [3.8, 4) is 0 Å². The quantitative estimate of drug-likeness (QED) is 0.610. The molecule has 64 valence electrons. The normalized spacial score (nSPS) is 9.58. The van der Waals surface area contributed by atoms with Crippen LogP contribution in [0.5, 0.6) is 0 Å². The second kappa shape index (κ2) is 3.39. The van der Waals surface area contributed by atoms with Gasteiger partial charge in [-0.3, -0.25) is 4.99 Å². The molecule has 2 nitrogen and oxygen atoms in total. The van der Waals surface area contributed by atoms with E-state index in [0.29, 0.717) is 0 Å². The van der Waals surface area contributed by atoms with Crippen molar-refractivity contribution in [2.75, 3.05) is 19.0 Å². The van der Waals surface area contributed by atoms with Gasteiger partial charge in [-0.25, -0.2) is 0 Å². The Bertz CT molecular complexity index is 290. The van der Waals surface area contributed by atoms with Gasteiger partial charge >= 0.3 is 0 Å². The first-order valence-electron chi connectivity index (χ1n) is 3.90. The van der Waals surface area contributed by atoms with E-state index in [0.717, 1.165) is 11.4 Å². The minimum atomic E-state index is 0.944. The summed E-state index contributed by atoms with van der Waals surface area (Å²) in [6.07, 6.45) is 0. The summed E-state index contributed by atoms with van der Waals surface area (Å²) in [4.78, 5) is 6.02. The molecule has 1 aromatic carbocycles. The topological polar surface area (TPSA) is 15.6 Å². The van der Waals surface area contributed by atoms with Crippen LogP contribution in [0.2, 0.25) is 0 Å². The lowest BCUT2D eigenvalue weighted by Gasteiger charge is -2.17. The van der Waals surface area contributed by atoms with Crippen molar-refractivity contribution in [1.82, 2.24) is 0 Å². The largest absolute Gasteiger partial charge is 0.376 e. The number of benzene rings is 1. The second-order valence-corrected chi connectivity index (χ2v) is 3.00. The Morgan fingerprint density at radius 3 is 2.42 bits per heavy atom. The Morgan fingerprint density at radius 2 is 2.00 bits per heavy atom. The van der Waals surface area contributed by atoms with Crippen LogP contribution in [0.4, 0.5) is 11.4 Å². The third-order valence-electron chi connectivity index (χ3n) is 1.83. The second-order valence-electron chi connectivity index (χ2n) is 3.00. The SMILES string of the molecule is C=Nc1cccc(C)c1N(C)C. The molecule has 0 amide bonds. The Labute approximate surface area is 73.5 Å². The van der Waals surface area contributed by atoms with Crippen molar-refractivity contribution in [3.63, 3.8) is 0 Å². The summed E-state index contributed by atoms with van der Waals surface area (Å²) in [5, 5.41) is 0. The molecule has 0 aliphatic carbocycles. The highest BCUT2D eigenvalue weighted by Crippen LogP contribution is 2.29. The van der Waals surface area contributed by atoms with Crippen molar-refractivity contribution >= 4 is 18.1 Å². The summed E-state index contributed by atoms with van der Waals surface area (Å²) < 4.78 is 0. The molecule has 0 aromatic heterocycles. The smallest absolute Gasteiger partial charge is 0.0858 e. The average Bonchev–Trinajstić information content (AvgIpc) is 2.03. The van der Waals surface area contributed by atoms with Crippen molar-refractivity contribution in [2.24, 2.45) is 4.99 Å². The standard InChI is InChI=1S/C10H14N2/c1-8-6-5-7-9(11-2)10(8)12(3)4/h5-7H,2H2,1,3-4H3. The van der Waals surface area contributed by atoms with Crippen LogP contribution < -0.4 is 4.90 Å². The van der Waals surface area contributed by atoms with Gasteiger partial charge in [0.05, 0.1) is 11.4 Å². The van der Waals surface area contributed by atoms with Crippen molar-refractivity contribution in [2.45, 2.75) is 6.92 Å². The van der Waals surface area contributed by atoms with Gasteiger partial charge in [-0.05, 0) is 25.3 Å². The maximum absolute atomic E-state index is 3.96. The first-order valence-corrected chi connectivity index (χ1v) is 3.90. The highest BCUT2D eigenvalue weighted by molar-refractivity contribution is 5.71. The van der Waals surface area contributed by atoms with Crippen molar-refractivity contribution < 1.29 is 0 Å². The zero-order valence-corrected chi connectivity index (χ0v) is 7.83. The fourth-order valence-electron chi connectivity index (χ4n) is 1.35. The molecule has 0 fully saturated rings. The third-order valence-corrected chi connectivity index (χ3v) is 1.83. The van der Waals surface area contributed by atoms with Crippen LogP contribution in [0, 0.1) is 6.92 Å². The zero-order chi connectivity index (χ0) is 9.14. The Hall–Kier alpha value is -1.31. The molecule has 1 rings (SSSR count). The minimum absolute atomic E-state index is 0.944. The number of hydrogen-bond donors (Lipinski definition) is 0. The molecule has 0 saturated carbocycles. The van der Waals surface area contributed by atoms with Gasteiger partial charge in [0.1, 0.15) is 0 Å². The number of rotatable bonds is 2. The number of aliphatic imine (C=N–C) groups is 1. The van der Waals surface area contributed by atoms with Gasteiger partial charge in [-0.2, -0.15) is 0 Å². The minimum Gasteiger partial charge on any atom is -0.376 e. The zero-order valence-electron chi connectivity index (χ0n) is 7.83. The van der Waals surface area contributed by atoms with Crippen molar-refractivity contribution in [1.29, 1.82) is 0 Å². The van der Waals surface area contributed by atoms with E-state index in [9.17, 15) is 0 Å². The molecule has 2 heteroatoms. The summed E-state index contributed by atoms with van der Waals surface area (Å²) in [6.45, 7) is 5.61. The van der Waals surface area contributed by atoms with E-state index in [1.807, 2.05) is 26.2 Å². The highest BCUT2D eigenvalue weighted by Gasteiger charge is 2.04. The molecular formula is C10H14N2. The molecular weight excluding hydrogens is 148 g/mol. The van der Waals surface area contributed by atoms with Crippen LogP contribution in [0.25, 0.3) is 0 Å². The number of hydrogen-bond acceptors (Lipinski definition) is 2. The van der Waals surface area contributed by atoms with Gasteiger partial charge in [-0.15, -0.1) is 0 Å². The fourth-order valence-corrected chi connectivity index (χ4v) is 1.35. The monoisotopic (exact) mass is 162 g/mol. The van der Waals surface area contributed by atoms with E-state index in [2.05, 4.69) is 29.6 Å². The molecule has 1 aromatic rings. The van der Waals surface area contributed by atoms with Gasteiger partial charge in [0.15, 0.2) is 0 Å². The Morgan fingerprint density at radius 1 is 1.33 bits per heavy atom. The maximum atomic E-state index is 3.96. The van der Waals surface area contributed by atoms with Gasteiger partial charge < -0.3 is 4.90 Å². The van der Waals surface area contributed by atoms with E-state index in [1.165, 1.54) is 5.56 Å². The maximum Gasteiger partial charge on any atom is 0.0858 e. The van der Waals surface area contributed by atoms with E-state index in [1.54, 1.807) is 0 Å². The van der Waals surface area contributed by atoms with Crippen LogP contribution >= 0.6 is 0 Å². The van der Waals surface area contributed by atoms with E-state index < -0.39 is 0 Å². The molecule has 0 spiro atoms. The number of para-hydroxylation sites is 1. The van der Waals surface area contributed by atoms with Crippen LogP contribution in [-0.2, 0) is 0 Å². The van der Waals surface area contributed by atoms with Crippen LogP contribution in [0.3, 0.4) is 0 Å². The first-order chi connectivity index (χ1) is 5.66. The van der Waals surface area contributed by atoms with Gasteiger partial charge in [-0.1, -0.05) is 12.1 Å². The molecule has 0 atom stereocenters. The van der Waals surface area contributed by atoms with Crippen LogP contribution in [-0.4, -0.2) is 20.8 Å². The Kier molecular flexibility index (Phi) is 2.48. The summed E-state index contributed by atoms with van der Waals surface area (Å²) in [5.41, 5.74) is 3.32. The lowest BCUT2D eigenvalue weighted by molar-refractivity contribution is 1.11. The molecule has 0 radical (unpaired) electrons. The van der Waals surface area contributed by atoms with Crippen LogP contribution in [0.1, 0.15) is 5.56 Å². The van der Waals surface area contributed by atoms with E-state index >= 15 is 0 Å². The molecule has 0 bridgehead atoms. The number of anilines is 1. The summed E-state index contributed by atoms with van der Waals surface area (Å²) in [5.74, 6) is 0. The van der Waals surface area contributed by atoms with Crippen LogP contribution in [0.15, 0.2) is 23.2 Å². The van der Waals surface area contributed by atoms with Gasteiger partial charge in [0, 0.05) is 14.1 Å². The number of nitrogens with zero attached hydrogens (tertiary/aromatic N) is 2. The van der Waals surface area contributed by atoms with Gasteiger partial charge in [0.25, 0.3) is 0 Å². The lowest BCUT2D eigenvalue weighted by atomic mass is 10.1. The molecule has 0 unspecified atom stereocenters. The predicted molar refractivity (Wildman–Crippen MR) is 54.7 cm³/mol. The van der Waals surface area contributed by atoms with Gasteiger partial charge in [0.2, 0.25) is 0 Å². The molecule has 0 heterocycles. The van der Waals surface area contributed by atoms with E-state index in [4.69, 9.17) is 0 Å². The first kappa shape index (κ1) is 8.78. The summed E-state index contributed by atoms with van der Waals surface area (Å²) in [7, 11) is 4.02. The molecule has 12 heavy (non-hydrogen) atoms. The molecule has 0 aliphatic heterocycles. The highest BCUT2D eigenvalue weighted by atomic mass is 15.1. The lowest BCUT2D eigenvalue weighted by Crippen LogP contribution is -2.10. The predicted octanol–water partition coefficient (Wildman–Crippen LogP) is 2.39. The Balaban J connectivity index is 3.29. The number of aryl methyl sites for hydroxylation is 1. The van der Waals surface area contributed by atoms with E-state index in [-0.39, 0.29) is 0 Å². The average molecular weight is 162 g/mol. The third kappa shape index (κ3) is 1.47. The molecule has 0 saturated heterocycles. The fraction of sp³-hybridized carbons (Fsp3) is 0.300. The molecule has 0 aliphatic rings. The summed E-state index contributed by atoms with van der Waals surface area (Å²) in [6, 6.07) is 6.03. The summed E-state index contributed by atoms with van der Waals surface area (Å²) >= 11 is 0.